The van der Waals surface area contributed by atoms with Crippen LogP contribution in [0.15, 0.2) is 86.0 Å². The molecule has 0 heterocycles. The summed E-state index contributed by atoms with van der Waals surface area (Å²) in [4.78, 5) is 0. The summed E-state index contributed by atoms with van der Waals surface area (Å²) < 4.78 is 5.58. The van der Waals surface area contributed by atoms with E-state index in [0.29, 0.717) is 0 Å². The smallest absolute Gasteiger partial charge is 0.128 e. The second kappa shape index (κ2) is 9.58. The molecule has 0 spiro atoms. The Morgan fingerprint density at radius 3 is 1.57 bits per heavy atom. The molecule has 23 heavy (non-hydrogen) atoms. The second-order valence-electron chi connectivity index (χ2n) is 4.72. The zero-order chi connectivity index (χ0) is 17.1. The van der Waals surface area contributed by atoms with E-state index in [1.54, 1.807) is 0 Å². The van der Waals surface area contributed by atoms with Gasteiger partial charge in [-0.15, -0.1) is 0 Å². The SMILES string of the molecule is C=CC(O)(C=C)C(O)CO.c1ccc(Oc2ccccc2)cc1. The van der Waals surface area contributed by atoms with Gasteiger partial charge in [-0.2, -0.15) is 0 Å². The van der Waals surface area contributed by atoms with Crippen molar-refractivity contribution in [3.05, 3.63) is 86.0 Å². The van der Waals surface area contributed by atoms with Crippen LogP contribution in [0.1, 0.15) is 0 Å². The van der Waals surface area contributed by atoms with Gasteiger partial charge in [0, 0.05) is 0 Å². The van der Waals surface area contributed by atoms with E-state index in [0.717, 1.165) is 23.7 Å². The van der Waals surface area contributed by atoms with E-state index in [1.165, 1.54) is 0 Å². The average Bonchev–Trinajstić information content (AvgIpc) is 2.62. The largest absolute Gasteiger partial charge is 0.457 e. The minimum absolute atomic E-state index is 0.519. The molecule has 2 rings (SSSR count). The molecule has 1 unspecified atom stereocenters. The van der Waals surface area contributed by atoms with E-state index in [4.69, 9.17) is 14.9 Å². The molecular formula is C19H22O4. The van der Waals surface area contributed by atoms with E-state index in [2.05, 4.69) is 13.2 Å². The van der Waals surface area contributed by atoms with E-state index in [1.807, 2.05) is 60.7 Å². The topological polar surface area (TPSA) is 69.9 Å². The van der Waals surface area contributed by atoms with Crippen molar-refractivity contribution in [2.75, 3.05) is 6.61 Å². The highest BCUT2D eigenvalue weighted by molar-refractivity contribution is 5.30. The van der Waals surface area contributed by atoms with Crippen LogP contribution in [-0.4, -0.2) is 33.6 Å². The summed E-state index contributed by atoms with van der Waals surface area (Å²) in [5.74, 6) is 1.74. The molecule has 0 aliphatic heterocycles. The maximum atomic E-state index is 9.25. The highest BCUT2D eigenvalue weighted by Gasteiger charge is 2.27. The second-order valence-corrected chi connectivity index (χ2v) is 4.72. The Bertz CT molecular complexity index is 535. The van der Waals surface area contributed by atoms with Crippen LogP contribution in [0, 0.1) is 0 Å². The molecule has 0 aliphatic rings. The highest BCUT2D eigenvalue weighted by Crippen LogP contribution is 2.19. The minimum atomic E-state index is -1.57. The van der Waals surface area contributed by atoms with Crippen molar-refractivity contribution in [2.24, 2.45) is 0 Å². The Labute approximate surface area is 136 Å². The third-order valence-corrected chi connectivity index (χ3v) is 3.08. The van der Waals surface area contributed by atoms with Crippen LogP contribution in [0.3, 0.4) is 0 Å². The molecule has 0 bridgehead atoms. The van der Waals surface area contributed by atoms with Crippen LogP contribution in [0.2, 0.25) is 0 Å². The fourth-order valence-corrected chi connectivity index (χ4v) is 1.61. The summed E-state index contributed by atoms with van der Waals surface area (Å²) in [6.07, 6.45) is 1.00. The zero-order valence-corrected chi connectivity index (χ0v) is 12.9. The van der Waals surface area contributed by atoms with Gasteiger partial charge in [0.05, 0.1) is 6.61 Å². The molecule has 1 atom stereocenters. The number of hydrogen-bond donors (Lipinski definition) is 3. The number of rotatable bonds is 6. The average molecular weight is 314 g/mol. The van der Waals surface area contributed by atoms with E-state index in [-0.39, 0.29) is 0 Å². The number of hydrogen-bond acceptors (Lipinski definition) is 4. The normalized spacial score (nSPS) is 11.6. The van der Waals surface area contributed by atoms with Crippen LogP contribution >= 0.6 is 0 Å². The van der Waals surface area contributed by atoms with Crippen molar-refractivity contribution in [1.82, 2.24) is 0 Å². The van der Waals surface area contributed by atoms with Crippen LogP contribution in [0.4, 0.5) is 0 Å². The van der Waals surface area contributed by atoms with Gasteiger partial charge in [-0.05, 0) is 24.3 Å². The van der Waals surface area contributed by atoms with Crippen LogP contribution in [-0.2, 0) is 0 Å². The van der Waals surface area contributed by atoms with Gasteiger partial charge in [0.25, 0.3) is 0 Å². The van der Waals surface area contributed by atoms with Crippen molar-refractivity contribution in [1.29, 1.82) is 0 Å². The first-order valence-corrected chi connectivity index (χ1v) is 7.12. The van der Waals surface area contributed by atoms with Crippen LogP contribution < -0.4 is 4.74 Å². The maximum absolute atomic E-state index is 9.25. The van der Waals surface area contributed by atoms with Crippen molar-refractivity contribution < 1.29 is 20.1 Å². The van der Waals surface area contributed by atoms with Gasteiger partial charge in [0.1, 0.15) is 23.2 Å². The first kappa shape index (κ1) is 18.6. The molecule has 0 amide bonds. The number of ether oxygens (including phenoxy) is 1. The summed E-state index contributed by atoms with van der Waals surface area (Å²) in [7, 11) is 0. The molecule has 0 saturated heterocycles. The Morgan fingerprint density at radius 2 is 1.30 bits per heavy atom. The van der Waals surface area contributed by atoms with Crippen molar-refractivity contribution in [3.63, 3.8) is 0 Å². The maximum Gasteiger partial charge on any atom is 0.128 e. The lowest BCUT2D eigenvalue weighted by Gasteiger charge is -2.24. The lowest BCUT2D eigenvalue weighted by molar-refractivity contribution is -0.0342. The minimum Gasteiger partial charge on any atom is -0.457 e. The molecule has 0 fully saturated rings. The van der Waals surface area contributed by atoms with Gasteiger partial charge in [0.2, 0.25) is 0 Å². The van der Waals surface area contributed by atoms with E-state index in [9.17, 15) is 5.11 Å². The number of aliphatic hydroxyl groups excluding tert-OH is 2. The number of para-hydroxylation sites is 2. The monoisotopic (exact) mass is 314 g/mol. The van der Waals surface area contributed by atoms with Gasteiger partial charge in [-0.3, -0.25) is 0 Å². The van der Waals surface area contributed by atoms with Crippen molar-refractivity contribution in [3.8, 4) is 11.5 Å². The van der Waals surface area contributed by atoms with Crippen molar-refractivity contribution >= 4 is 0 Å². The predicted molar refractivity (Wildman–Crippen MR) is 91.4 cm³/mol. The van der Waals surface area contributed by atoms with Gasteiger partial charge < -0.3 is 20.1 Å². The standard InChI is InChI=1S/C12H10O.C7H12O3/c1-3-7-11(8-4-1)13-12-9-5-2-6-10-12;1-3-7(10,4-2)6(9)5-8/h1-10H;3-4,6,8-10H,1-2,5H2. The summed E-state index contributed by atoms with van der Waals surface area (Å²) in [5, 5.41) is 26.6. The lowest BCUT2D eigenvalue weighted by Crippen LogP contribution is -2.40. The number of benzene rings is 2. The van der Waals surface area contributed by atoms with E-state index >= 15 is 0 Å². The third kappa shape index (κ3) is 6.08. The molecule has 2 aromatic carbocycles. The highest BCUT2D eigenvalue weighted by atomic mass is 16.5. The Balaban J connectivity index is 0.000000241. The van der Waals surface area contributed by atoms with Gasteiger partial charge in [-0.1, -0.05) is 61.7 Å². The zero-order valence-electron chi connectivity index (χ0n) is 12.9. The molecular weight excluding hydrogens is 292 g/mol. The van der Waals surface area contributed by atoms with E-state index < -0.39 is 18.3 Å². The number of aliphatic hydroxyl groups is 3. The molecule has 122 valence electrons. The van der Waals surface area contributed by atoms with Gasteiger partial charge >= 0.3 is 0 Å². The first-order chi connectivity index (χ1) is 11.1. The Hall–Kier alpha value is -2.40. The molecule has 0 aliphatic carbocycles. The van der Waals surface area contributed by atoms with Crippen molar-refractivity contribution in [2.45, 2.75) is 11.7 Å². The summed E-state index contributed by atoms with van der Waals surface area (Å²) in [5.41, 5.74) is -1.57. The molecule has 0 radical (unpaired) electrons. The molecule has 2 aromatic rings. The van der Waals surface area contributed by atoms with Gasteiger partial charge in [0.15, 0.2) is 0 Å². The predicted octanol–water partition coefficient (Wildman–Crippen LogP) is 2.92. The molecule has 0 saturated carbocycles. The quantitative estimate of drug-likeness (QED) is 0.717. The summed E-state index contributed by atoms with van der Waals surface area (Å²) >= 11 is 0. The molecule has 0 aromatic heterocycles. The summed E-state index contributed by atoms with van der Waals surface area (Å²) in [6, 6.07) is 19.5. The third-order valence-electron chi connectivity index (χ3n) is 3.08. The summed E-state index contributed by atoms with van der Waals surface area (Å²) in [6.45, 7) is 6.04. The first-order valence-electron chi connectivity index (χ1n) is 7.12. The van der Waals surface area contributed by atoms with Crippen LogP contribution in [0.25, 0.3) is 0 Å². The Morgan fingerprint density at radius 1 is 0.913 bits per heavy atom. The van der Waals surface area contributed by atoms with Crippen LogP contribution in [0.5, 0.6) is 11.5 Å². The Kier molecular flexibility index (Phi) is 7.77. The van der Waals surface area contributed by atoms with Gasteiger partial charge in [-0.25, -0.2) is 0 Å². The fraction of sp³-hybridized carbons (Fsp3) is 0.158. The molecule has 4 nitrogen and oxygen atoms in total. The molecule has 3 N–H and O–H groups in total. The lowest BCUT2D eigenvalue weighted by atomic mass is 9.98. The fourth-order valence-electron chi connectivity index (χ4n) is 1.61. The molecule has 4 heteroatoms.